The number of likely N-dealkylation sites (N-methyl/N-ethyl adjacent to an activating group) is 1. The Morgan fingerprint density at radius 1 is 1.00 bits per heavy atom. The summed E-state index contributed by atoms with van der Waals surface area (Å²) in [7, 11) is 4.25. The van der Waals surface area contributed by atoms with Crippen LogP contribution in [0.25, 0.3) is 0 Å². The van der Waals surface area contributed by atoms with Gasteiger partial charge in [-0.3, -0.25) is 4.79 Å². The zero-order valence-electron chi connectivity index (χ0n) is 14.0. The van der Waals surface area contributed by atoms with Gasteiger partial charge in [0.15, 0.2) is 0 Å². The molecule has 23 heavy (non-hydrogen) atoms. The molecule has 1 aliphatic rings. The molecule has 1 N–H and O–H groups in total. The number of rotatable bonds is 4. The second kappa shape index (κ2) is 6.97. The molecule has 1 aliphatic heterocycles. The quantitative estimate of drug-likeness (QED) is 0.917. The molecule has 3 heteroatoms. The van der Waals surface area contributed by atoms with Gasteiger partial charge in [0.2, 0.25) is 5.91 Å². The van der Waals surface area contributed by atoms with Gasteiger partial charge in [-0.1, -0.05) is 48.5 Å². The molecule has 0 spiro atoms. The number of fused-ring (bicyclic) bond motifs is 1. The molecule has 0 aromatic heterocycles. The number of para-hydroxylation sites is 1. The molecule has 1 atom stereocenters. The van der Waals surface area contributed by atoms with E-state index >= 15 is 0 Å². The summed E-state index contributed by atoms with van der Waals surface area (Å²) in [6.07, 6.45) is 1.51. The number of benzene rings is 2. The Balaban J connectivity index is 1.93. The normalized spacial score (nSPS) is 18.0. The van der Waals surface area contributed by atoms with Crippen LogP contribution in [0.3, 0.4) is 0 Å². The molecule has 0 bridgehead atoms. The smallest absolute Gasteiger partial charge is 0.227 e. The minimum atomic E-state index is 0.241. The van der Waals surface area contributed by atoms with E-state index in [1.165, 1.54) is 16.0 Å². The maximum Gasteiger partial charge on any atom is 0.227 e. The zero-order valence-corrected chi connectivity index (χ0v) is 14.0. The van der Waals surface area contributed by atoms with Crippen LogP contribution in [0.5, 0.6) is 0 Å². The van der Waals surface area contributed by atoms with E-state index in [4.69, 9.17) is 0 Å². The van der Waals surface area contributed by atoms with Crippen molar-refractivity contribution in [2.75, 3.05) is 32.1 Å². The minimum absolute atomic E-state index is 0.241. The second-order valence-corrected chi connectivity index (χ2v) is 6.65. The highest BCUT2D eigenvalue weighted by molar-refractivity contribution is 5.95. The Kier molecular flexibility index (Phi) is 4.77. The largest absolute Gasteiger partial charge is 0.338 e. The first-order valence-corrected chi connectivity index (χ1v) is 8.37. The van der Waals surface area contributed by atoms with Crippen LogP contribution >= 0.6 is 0 Å². The van der Waals surface area contributed by atoms with Crippen molar-refractivity contribution in [3.05, 3.63) is 65.7 Å². The molecule has 2 aromatic carbocycles. The first-order valence-electron chi connectivity index (χ1n) is 8.37. The van der Waals surface area contributed by atoms with Gasteiger partial charge in [-0.2, -0.15) is 0 Å². The fraction of sp³-hybridized carbons (Fsp3) is 0.350. The van der Waals surface area contributed by atoms with Crippen molar-refractivity contribution in [1.82, 2.24) is 0 Å². The van der Waals surface area contributed by atoms with Crippen LogP contribution in [0, 0.1) is 0 Å². The van der Waals surface area contributed by atoms with Gasteiger partial charge in [0, 0.05) is 12.1 Å². The summed E-state index contributed by atoms with van der Waals surface area (Å²) in [5, 5.41) is 0. The third kappa shape index (κ3) is 3.62. The molecule has 0 saturated heterocycles. The first-order chi connectivity index (χ1) is 11.1. The van der Waals surface area contributed by atoms with E-state index in [9.17, 15) is 4.79 Å². The predicted molar refractivity (Wildman–Crippen MR) is 94.0 cm³/mol. The topological polar surface area (TPSA) is 24.8 Å². The number of nitrogens with one attached hydrogen (secondary N) is 1. The Hall–Kier alpha value is -2.13. The van der Waals surface area contributed by atoms with Crippen LogP contribution in [0.1, 0.15) is 23.5 Å². The molecular formula is C20H25N2O+. The van der Waals surface area contributed by atoms with Gasteiger partial charge in [-0.15, -0.1) is 0 Å². The highest BCUT2D eigenvalue weighted by Gasteiger charge is 2.28. The van der Waals surface area contributed by atoms with Crippen molar-refractivity contribution in [3.8, 4) is 0 Å². The third-order valence-electron chi connectivity index (χ3n) is 4.58. The van der Waals surface area contributed by atoms with Crippen molar-refractivity contribution in [2.45, 2.75) is 18.8 Å². The Bertz CT molecular complexity index is 666. The number of hydrogen-bond acceptors (Lipinski definition) is 1. The maximum absolute atomic E-state index is 12.9. The number of hydrogen-bond donors (Lipinski definition) is 1. The van der Waals surface area contributed by atoms with Gasteiger partial charge in [0.1, 0.15) is 0 Å². The van der Waals surface area contributed by atoms with E-state index in [1.54, 1.807) is 0 Å². The third-order valence-corrected chi connectivity index (χ3v) is 4.58. The summed E-state index contributed by atoms with van der Waals surface area (Å²) in [5.41, 5.74) is 3.63. The monoisotopic (exact) mass is 309 g/mol. The molecule has 0 radical (unpaired) electrons. The molecule has 3 rings (SSSR count). The number of carbonyl (C=O) groups is 1. The van der Waals surface area contributed by atoms with E-state index in [0.717, 1.165) is 25.2 Å². The van der Waals surface area contributed by atoms with Crippen LogP contribution in [0.15, 0.2) is 54.6 Å². The lowest BCUT2D eigenvalue weighted by atomic mass is 9.90. The highest BCUT2D eigenvalue weighted by Crippen LogP contribution is 2.34. The highest BCUT2D eigenvalue weighted by atomic mass is 16.2. The molecule has 3 nitrogen and oxygen atoms in total. The Morgan fingerprint density at radius 2 is 1.70 bits per heavy atom. The summed E-state index contributed by atoms with van der Waals surface area (Å²) in [4.78, 5) is 16.2. The molecule has 1 heterocycles. The second-order valence-electron chi connectivity index (χ2n) is 6.65. The average molecular weight is 309 g/mol. The summed E-state index contributed by atoms with van der Waals surface area (Å²) in [6.45, 7) is 1.73. The Labute approximate surface area is 138 Å². The van der Waals surface area contributed by atoms with Gasteiger partial charge < -0.3 is 9.80 Å². The van der Waals surface area contributed by atoms with Crippen molar-refractivity contribution < 1.29 is 9.69 Å². The van der Waals surface area contributed by atoms with Gasteiger partial charge in [-0.25, -0.2) is 0 Å². The predicted octanol–water partition coefficient (Wildman–Crippen LogP) is 1.89. The van der Waals surface area contributed by atoms with Crippen molar-refractivity contribution in [3.63, 3.8) is 0 Å². The molecule has 120 valence electrons. The number of quaternary nitrogens is 1. The van der Waals surface area contributed by atoms with Crippen LogP contribution in [-0.2, 0) is 11.2 Å². The minimum Gasteiger partial charge on any atom is -0.338 e. The van der Waals surface area contributed by atoms with Gasteiger partial charge in [0.25, 0.3) is 0 Å². The van der Waals surface area contributed by atoms with E-state index < -0.39 is 0 Å². The SMILES string of the molecule is C[NH+](C)CCN1C(=O)C[C@H](c2ccccc2)Cc2ccccc21. The molecule has 2 aromatic rings. The summed E-state index contributed by atoms with van der Waals surface area (Å²) in [6, 6.07) is 18.8. The number of amides is 1. The van der Waals surface area contributed by atoms with Gasteiger partial charge >= 0.3 is 0 Å². The van der Waals surface area contributed by atoms with E-state index in [0.29, 0.717) is 6.42 Å². The standard InChI is InChI=1S/C20H24N2O/c1-21(2)12-13-22-19-11-7-6-10-17(19)14-18(15-20(22)23)16-8-4-3-5-9-16/h3-11,18H,12-15H2,1-2H3/p+1/t18-/m1/s1. The van der Waals surface area contributed by atoms with E-state index in [1.807, 2.05) is 17.0 Å². The fourth-order valence-electron chi connectivity index (χ4n) is 3.28. The van der Waals surface area contributed by atoms with Crippen molar-refractivity contribution >= 4 is 11.6 Å². The van der Waals surface area contributed by atoms with Crippen molar-refractivity contribution in [2.24, 2.45) is 0 Å². The molecule has 0 aliphatic carbocycles. The van der Waals surface area contributed by atoms with Crippen LogP contribution in [0.2, 0.25) is 0 Å². The summed E-state index contributed by atoms with van der Waals surface area (Å²) >= 11 is 0. The number of carbonyl (C=O) groups excluding carboxylic acids is 1. The summed E-state index contributed by atoms with van der Waals surface area (Å²) < 4.78 is 0. The van der Waals surface area contributed by atoms with E-state index in [-0.39, 0.29) is 11.8 Å². The van der Waals surface area contributed by atoms with Crippen LogP contribution in [0.4, 0.5) is 5.69 Å². The van der Waals surface area contributed by atoms with Gasteiger partial charge in [-0.05, 0) is 29.5 Å². The first kappa shape index (κ1) is 15.8. The van der Waals surface area contributed by atoms with E-state index in [2.05, 4.69) is 56.6 Å². The van der Waals surface area contributed by atoms with Crippen molar-refractivity contribution in [1.29, 1.82) is 0 Å². The number of nitrogens with zero attached hydrogens (tertiary/aromatic N) is 1. The Morgan fingerprint density at radius 3 is 2.43 bits per heavy atom. The molecule has 0 unspecified atom stereocenters. The average Bonchev–Trinajstić information content (AvgIpc) is 2.70. The lowest BCUT2D eigenvalue weighted by molar-refractivity contribution is -0.856. The zero-order chi connectivity index (χ0) is 16.2. The van der Waals surface area contributed by atoms with Gasteiger partial charge in [0.05, 0.1) is 27.2 Å². The number of anilines is 1. The lowest BCUT2D eigenvalue weighted by Crippen LogP contribution is -3.06. The maximum atomic E-state index is 12.9. The molecular weight excluding hydrogens is 284 g/mol. The van der Waals surface area contributed by atoms with Crippen LogP contribution < -0.4 is 9.80 Å². The molecule has 0 fully saturated rings. The molecule has 0 saturated carbocycles. The fourth-order valence-corrected chi connectivity index (χ4v) is 3.28. The molecule has 1 amide bonds. The lowest BCUT2D eigenvalue weighted by Gasteiger charge is -2.23. The van der Waals surface area contributed by atoms with Crippen LogP contribution in [-0.4, -0.2) is 33.1 Å². The summed E-state index contributed by atoms with van der Waals surface area (Å²) in [5.74, 6) is 0.506.